The van der Waals surface area contributed by atoms with Crippen molar-refractivity contribution in [1.82, 2.24) is 5.32 Å². The summed E-state index contributed by atoms with van der Waals surface area (Å²) in [6.07, 6.45) is 7.27. The van der Waals surface area contributed by atoms with E-state index in [0.29, 0.717) is 12.1 Å². The van der Waals surface area contributed by atoms with Crippen LogP contribution in [0.4, 0.5) is 0 Å². The van der Waals surface area contributed by atoms with E-state index in [1.807, 2.05) is 12.3 Å². The summed E-state index contributed by atoms with van der Waals surface area (Å²) in [6, 6.07) is 3.03. The summed E-state index contributed by atoms with van der Waals surface area (Å²) in [5, 5.41) is 3.67. The third-order valence-corrected chi connectivity index (χ3v) is 3.41. The Labute approximate surface area is 99.4 Å². The molecule has 0 spiro atoms. The van der Waals surface area contributed by atoms with Crippen LogP contribution >= 0.6 is 0 Å². The van der Waals surface area contributed by atoms with Gasteiger partial charge in [-0.15, -0.1) is 0 Å². The van der Waals surface area contributed by atoms with Gasteiger partial charge in [0.25, 0.3) is 0 Å². The van der Waals surface area contributed by atoms with E-state index >= 15 is 0 Å². The number of hydrogen-bond donors (Lipinski definition) is 1. The highest BCUT2D eigenvalue weighted by atomic mass is 16.3. The van der Waals surface area contributed by atoms with Crippen LogP contribution in [0.3, 0.4) is 0 Å². The summed E-state index contributed by atoms with van der Waals surface area (Å²) in [5.41, 5.74) is 1.24. The van der Waals surface area contributed by atoms with Crippen molar-refractivity contribution in [1.29, 1.82) is 0 Å². The first-order valence-electron chi connectivity index (χ1n) is 6.45. The van der Waals surface area contributed by atoms with Crippen LogP contribution in [0.5, 0.6) is 0 Å². The van der Waals surface area contributed by atoms with Crippen molar-refractivity contribution in [3.63, 3.8) is 0 Å². The molecule has 0 aliphatic carbocycles. The van der Waals surface area contributed by atoms with Crippen molar-refractivity contribution < 1.29 is 4.42 Å². The monoisotopic (exact) mass is 223 g/mol. The third-order valence-electron chi connectivity index (χ3n) is 3.41. The maximum Gasteiger partial charge on any atom is 0.0950 e. The Bertz CT molecular complexity index is 268. The average molecular weight is 223 g/mol. The van der Waals surface area contributed by atoms with Crippen molar-refractivity contribution in [3.8, 4) is 0 Å². The Kier molecular flexibility index (Phi) is 5.61. The maximum absolute atomic E-state index is 5.11. The molecule has 1 heterocycles. The molecule has 0 bridgehead atoms. The third kappa shape index (κ3) is 4.01. The van der Waals surface area contributed by atoms with E-state index < -0.39 is 0 Å². The molecule has 2 heteroatoms. The predicted octanol–water partition coefficient (Wildman–Crippen LogP) is 4.15. The molecular weight excluding hydrogens is 198 g/mol. The Balaban J connectivity index is 2.43. The minimum Gasteiger partial charge on any atom is -0.472 e. The maximum atomic E-state index is 5.11. The molecule has 1 aromatic heterocycles. The van der Waals surface area contributed by atoms with Gasteiger partial charge >= 0.3 is 0 Å². The Morgan fingerprint density at radius 1 is 1.25 bits per heavy atom. The molecule has 92 valence electrons. The van der Waals surface area contributed by atoms with Gasteiger partial charge in [0, 0.05) is 17.6 Å². The molecular formula is C14H25NO. The summed E-state index contributed by atoms with van der Waals surface area (Å²) in [4.78, 5) is 0. The predicted molar refractivity (Wildman–Crippen MR) is 68.4 cm³/mol. The van der Waals surface area contributed by atoms with Gasteiger partial charge in [-0.1, -0.05) is 27.2 Å². The van der Waals surface area contributed by atoms with Gasteiger partial charge in [-0.25, -0.2) is 0 Å². The fourth-order valence-corrected chi connectivity index (χ4v) is 1.98. The molecule has 0 radical (unpaired) electrons. The average Bonchev–Trinajstić information content (AvgIpc) is 2.81. The van der Waals surface area contributed by atoms with Crippen molar-refractivity contribution in [2.75, 3.05) is 0 Å². The highest BCUT2D eigenvalue weighted by Gasteiger charge is 2.14. The lowest BCUT2D eigenvalue weighted by Gasteiger charge is -2.24. The highest BCUT2D eigenvalue weighted by Crippen LogP contribution is 2.18. The van der Waals surface area contributed by atoms with Gasteiger partial charge in [-0.3, -0.25) is 0 Å². The van der Waals surface area contributed by atoms with Crippen LogP contribution in [0.2, 0.25) is 0 Å². The lowest BCUT2D eigenvalue weighted by atomic mass is 9.97. The van der Waals surface area contributed by atoms with Gasteiger partial charge in [0.05, 0.1) is 12.5 Å². The molecule has 3 atom stereocenters. The normalized spacial score (nSPS) is 17.0. The van der Waals surface area contributed by atoms with Gasteiger partial charge < -0.3 is 9.73 Å². The van der Waals surface area contributed by atoms with Crippen LogP contribution in [0.1, 0.15) is 58.6 Å². The summed E-state index contributed by atoms with van der Waals surface area (Å²) >= 11 is 0. The lowest BCUT2D eigenvalue weighted by molar-refractivity contribution is 0.358. The van der Waals surface area contributed by atoms with E-state index in [2.05, 4.69) is 33.0 Å². The molecule has 0 aliphatic rings. The van der Waals surface area contributed by atoms with E-state index in [-0.39, 0.29) is 0 Å². The van der Waals surface area contributed by atoms with Gasteiger partial charge in [0.2, 0.25) is 0 Å². The molecule has 0 aliphatic heterocycles. The standard InChI is InChI=1S/C14H25NO/c1-5-11(3)9-14(6-2)15-12(4)13-7-8-16-10-13/h7-8,10-12,14-15H,5-6,9H2,1-4H3. The van der Waals surface area contributed by atoms with E-state index in [9.17, 15) is 0 Å². The van der Waals surface area contributed by atoms with Crippen molar-refractivity contribution >= 4 is 0 Å². The van der Waals surface area contributed by atoms with Crippen LogP contribution in [-0.2, 0) is 0 Å². The molecule has 0 saturated carbocycles. The molecule has 1 rings (SSSR count). The Hall–Kier alpha value is -0.760. The largest absolute Gasteiger partial charge is 0.472 e. The first-order chi connectivity index (χ1) is 7.67. The number of nitrogens with one attached hydrogen (secondary N) is 1. The molecule has 0 amide bonds. The number of furan rings is 1. The van der Waals surface area contributed by atoms with Crippen LogP contribution in [0.15, 0.2) is 23.0 Å². The molecule has 1 aromatic rings. The molecule has 0 fully saturated rings. The molecule has 0 aromatic carbocycles. The highest BCUT2D eigenvalue weighted by molar-refractivity contribution is 5.10. The minimum atomic E-state index is 0.382. The van der Waals surface area contributed by atoms with Crippen LogP contribution in [0, 0.1) is 5.92 Å². The van der Waals surface area contributed by atoms with Crippen LogP contribution in [-0.4, -0.2) is 6.04 Å². The molecule has 2 nitrogen and oxygen atoms in total. The number of hydrogen-bond acceptors (Lipinski definition) is 2. The zero-order valence-electron chi connectivity index (χ0n) is 11.0. The quantitative estimate of drug-likeness (QED) is 0.751. The van der Waals surface area contributed by atoms with Crippen LogP contribution < -0.4 is 5.32 Å². The fourth-order valence-electron chi connectivity index (χ4n) is 1.98. The van der Waals surface area contributed by atoms with Gasteiger partial charge in [-0.2, -0.15) is 0 Å². The minimum absolute atomic E-state index is 0.382. The zero-order chi connectivity index (χ0) is 12.0. The first-order valence-corrected chi connectivity index (χ1v) is 6.45. The van der Waals surface area contributed by atoms with Gasteiger partial charge in [-0.05, 0) is 31.7 Å². The van der Waals surface area contributed by atoms with E-state index in [0.717, 1.165) is 5.92 Å². The van der Waals surface area contributed by atoms with Gasteiger partial charge in [0.15, 0.2) is 0 Å². The molecule has 1 N–H and O–H groups in total. The summed E-state index contributed by atoms with van der Waals surface area (Å²) in [5.74, 6) is 0.800. The van der Waals surface area contributed by atoms with Crippen molar-refractivity contribution in [3.05, 3.63) is 24.2 Å². The van der Waals surface area contributed by atoms with Crippen molar-refractivity contribution in [2.24, 2.45) is 5.92 Å². The van der Waals surface area contributed by atoms with E-state index in [1.54, 1.807) is 6.26 Å². The second kappa shape index (κ2) is 6.74. The van der Waals surface area contributed by atoms with Crippen molar-refractivity contribution in [2.45, 2.75) is 59.0 Å². The summed E-state index contributed by atoms with van der Waals surface area (Å²) in [6.45, 7) is 9.04. The zero-order valence-corrected chi connectivity index (χ0v) is 11.0. The Morgan fingerprint density at radius 3 is 2.50 bits per heavy atom. The van der Waals surface area contributed by atoms with Crippen LogP contribution in [0.25, 0.3) is 0 Å². The fraction of sp³-hybridized carbons (Fsp3) is 0.714. The topological polar surface area (TPSA) is 25.2 Å². The molecule has 0 saturated heterocycles. The molecule has 3 unspecified atom stereocenters. The van der Waals surface area contributed by atoms with Gasteiger partial charge in [0.1, 0.15) is 0 Å². The van der Waals surface area contributed by atoms with E-state index in [4.69, 9.17) is 4.42 Å². The van der Waals surface area contributed by atoms with E-state index in [1.165, 1.54) is 24.8 Å². The Morgan fingerprint density at radius 2 is 2.00 bits per heavy atom. The first kappa shape index (κ1) is 13.3. The molecule has 16 heavy (non-hydrogen) atoms. The smallest absolute Gasteiger partial charge is 0.0950 e. The summed E-state index contributed by atoms with van der Waals surface area (Å²) in [7, 11) is 0. The second-order valence-corrected chi connectivity index (χ2v) is 4.80. The lowest BCUT2D eigenvalue weighted by Crippen LogP contribution is -2.32. The second-order valence-electron chi connectivity index (χ2n) is 4.80. The SMILES string of the molecule is CCC(C)CC(CC)NC(C)c1ccoc1. The number of rotatable bonds is 7. The summed E-state index contributed by atoms with van der Waals surface area (Å²) < 4.78 is 5.11.